The second kappa shape index (κ2) is 5.97. The number of hydrogen-bond acceptors (Lipinski definition) is 3. The van der Waals surface area contributed by atoms with Crippen LogP contribution in [-0.2, 0) is 21.2 Å². The highest BCUT2D eigenvalue weighted by molar-refractivity contribution is 7.89. The van der Waals surface area contributed by atoms with Gasteiger partial charge in [-0.25, -0.2) is 13.1 Å². The zero-order valence-electron chi connectivity index (χ0n) is 14.0. The summed E-state index contributed by atoms with van der Waals surface area (Å²) in [5.74, 6) is -0.431. The highest BCUT2D eigenvalue weighted by atomic mass is 32.2. The molecule has 2 aromatic rings. The van der Waals surface area contributed by atoms with E-state index >= 15 is 0 Å². The van der Waals surface area contributed by atoms with Gasteiger partial charge >= 0.3 is 0 Å². The minimum atomic E-state index is -3.65. The minimum Gasteiger partial charge on any atom is -0.325 e. The lowest BCUT2D eigenvalue weighted by atomic mass is 9.88. The van der Waals surface area contributed by atoms with E-state index in [0.29, 0.717) is 5.69 Å². The van der Waals surface area contributed by atoms with Crippen molar-refractivity contribution in [3.05, 3.63) is 59.2 Å². The molecule has 1 aliphatic heterocycles. The summed E-state index contributed by atoms with van der Waals surface area (Å²) >= 11 is 0. The molecular formula is C19H20N2O3S. The number of nitrogens with one attached hydrogen (secondary N) is 2. The van der Waals surface area contributed by atoms with Crippen molar-refractivity contribution in [2.24, 2.45) is 0 Å². The second-order valence-corrected chi connectivity index (χ2v) is 8.44. The average molecular weight is 356 g/mol. The van der Waals surface area contributed by atoms with Crippen LogP contribution in [0.3, 0.4) is 0 Å². The molecule has 0 fully saturated rings. The van der Waals surface area contributed by atoms with Crippen molar-refractivity contribution in [3.8, 4) is 0 Å². The van der Waals surface area contributed by atoms with Crippen molar-refractivity contribution in [1.29, 1.82) is 0 Å². The fourth-order valence-electron chi connectivity index (χ4n) is 3.69. The monoisotopic (exact) mass is 356 g/mol. The lowest BCUT2D eigenvalue weighted by Gasteiger charge is -2.26. The summed E-state index contributed by atoms with van der Waals surface area (Å²) in [5, 5.41) is 2.77. The first-order chi connectivity index (χ1) is 12.0. The van der Waals surface area contributed by atoms with Gasteiger partial charge in [-0.15, -0.1) is 0 Å². The van der Waals surface area contributed by atoms with Gasteiger partial charge in [-0.05, 0) is 61.1 Å². The molecule has 2 aromatic carbocycles. The van der Waals surface area contributed by atoms with Crippen molar-refractivity contribution in [2.75, 3.05) is 5.32 Å². The van der Waals surface area contributed by atoms with E-state index in [4.69, 9.17) is 0 Å². The Labute approximate surface area is 147 Å². The number of carbonyl (C=O) groups excluding carboxylic acids is 1. The molecule has 0 unspecified atom stereocenters. The number of anilines is 1. The van der Waals surface area contributed by atoms with E-state index in [1.165, 1.54) is 5.56 Å². The topological polar surface area (TPSA) is 75.3 Å². The van der Waals surface area contributed by atoms with E-state index in [2.05, 4.69) is 16.1 Å². The molecule has 25 heavy (non-hydrogen) atoms. The van der Waals surface area contributed by atoms with Crippen molar-refractivity contribution >= 4 is 21.6 Å². The smallest absolute Gasteiger partial charge is 0.241 e. The predicted molar refractivity (Wildman–Crippen MR) is 95.9 cm³/mol. The molecule has 0 bridgehead atoms. The molecule has 4 rings (SSSR count). The van der Waals surface area contributed by atoms with E-state index in [-0.39, 0.29) is 22.8 Å². The van der Waals surface area contributed by atoms with Gasteiger partial charge in [-0.3, -0.25) is 4.79 Å². The molecular weight excluding hydrogens is 336 g/mol. The van der Waals surface area contributed by atoms with Crippen LogP contribution in [-0.4, -0.2) is 14.3 Å². The number of rotatable bonds is 3. The van der Waals surface area contributed by atoms with Gasteiger partial charge in [-0.2, -0.15) is 0 Å². The van der Waals surface area contributed by atoms with Crippen molar-refractivity contribution in [3.63, 3.8) is 0 Å². The lowest BCUT2D eigenvalue weighted by molar-refractivity contribution is -0.116. The molecule has 0 saturated heterocycles. The van der Waals surface area contributed by atoms with Crippen LogP contribution in [0.15, 0.2) is 47.4 Å². The van der Waals surface area contributed by atoms with E-state index in [1.807, 2.05) is 18.2 Å². The molecule has 2 aliphatic rings. The first kappa shape index (κ1) is 16.3. The molecule has 1 aliphatic carbocycles. The molecule has 6 heteroatoms. The van der Waals surface area contributed by atoms with Crippen LogP contribution >= 0.6 is 0 Å². The Balaban J connectivity index is 1.65. The average Bonchev–Trinajstić information content (AvgIpc) is 2.89. The maximum Gasteiger partial charge on any atom is 0.241 e. The van der Waals surface area contributed by atoms with Gasteiger partial charge in [0.25, 0.3) is 0 Å². The van der Waals surface area contributed by atoms with Crippen LogP contribution in [0.5, 0.6) is 0 Å². The summed E-state index contributed by atoms with van der Waals surface area (Å²) in [6.07, 6.45) is 2.74. The van der Waals surface area contributed by atoms with Gasteiger partial charge in [-0.1, -0.05) is 24.3 Å². The highest BCUT2D eigenvalue weighted by Gasteiger charge is 2.30. The van der Waals surface area contributed by atoms with Crippen LogP contribution < -0.4 is 10.0 Å². The molecule has 130 valence electrons. The Kier molecular flexibility index (Phi) is 3.89. The molecule has 0 radical (unpaired) electrons. The van der Waals surface area contributed by atoms with Crippen molar-refractivity contribution < 1.29 is 13.2 Å². The Morgan fingerprint density at radius 3 is 2.76 bits per heavy atom. The summed E-state index contributed by atoms with van der Waals surface area (Å²) in [5.41, 5.74) is 3.69. The third-order valence-electron chi connectivity index (χ3n) is 5.12. The first-order valence-electron chi connectivity index (χ1n) is 8.50. The minimum absolute atomic E-state index is 0.0984. The van der Waals surface area contributed by atoms with Crippen LogP contribution in [0.25, 0.3) is 0 Å². The number of benzene rings is 2. The van der Waals surface area contributed by atoms with Gasteiger partial charge in [0.2, 0.25) is 15.9 Å². The summed E-state index contributed by atoms with van der Waals surface area (Å²) < 4.78 is 28.6. The standard InChI is InChI=1S/C19H20N2O3S/c1-12-16-11-14(9-10-17(16)20-19(12)22)25(23,24)21-18-8-4-6-13-5-2-3-7-15(13)18/h2-3,5,7,9-12,18,21H,4,6,8H2,1H3,(H,20,22)/t12-,18-/m0/s1. The summed E-state index contributed by atoms with van der Waals surface area (Å²) in [6.45, 7) is 1.78. The van der Waals surface area contributed by atoms with Crippen LogP contribution in [0.4, 0.5) is 5.69 Å². The third kappa shape index (κ3) is 2.85. The molecule has 5 nitrogen and oxygen atoms in total. The number of amides is 1. The number of hydrogen-bond donors (Lipinski definition) is 2. The normalized spacial score (nSPS) is 22.2. The van der Waals surface area contributed by atoms with E-state index in [0.717, 1.165) is 30.4 Å². The van der Waals surface area contributed by atoms with E-state index in [9.17, 15) is 13.2 Å². The predicted octanol–water partition coefficient (Wildman–Crippen LogP) is 3.10. The lowest BCUT2D eigenvalue weighted by Crippen LogP contribution is -2.31. The molecule has 1 amide bonds. The SMILES string of the molecule is C[C@@H]1C(=O)Nc2ccc(S(=O)(=O)N[C@H]3CCCc4ccccc43)cc21. The highest BCUT2D eigenvalue weighted by Crippen LogP contribution is 2.35. The molecule has 0 spiro atoms. The second-order valence-electron chi connectivity index (χ2n) is 6.72. The molecule has 0 saturated carbocycles. The van der Waals surface area contributed by atoms with Gasteiger partial charge in [0.1, 0.15) is 0 Å². The Bertz CT molecular complexity index is 953. The Morgan fingerprint density at radius 2 is 1.92 bits per heavy atom. The summed E-state index contributed by atoms with van der Waals surface area (Å²) in [4.78, 5) is 12.0. The Morgan fingerprint density at radius 1 is 1.12 bits per heavy atom. The van der Waals surface area contributed by atoms with Crippen LogP contribution in [0.1, 0.15) is 48.4 Å². The zero-order chi connectivity index (χ0) is 17.6. The summed E-state index contributed by atoms with van der Waals surface area (Å²) in [7, 11) is -3.65. The Hall–Kier alpha value is -2.18. The maximum absolute atomic E-state index is 12.9. The molecule has 1 heterocycles. The summed E-state index contributed by atoms with van der Waals surface area (Å²) in [6, 6.07) is 12.6. The fraction of sp³-hybridized carbons (Fsp3) is 0.316. The quantitative estimate of drug-likeness (QED) is 0.887. The third-order valence-corrected chi connectivity index (χ3v) is 6.59. The number of carbonyl (C=O) groups is 1. The van der Waals surface area contributed by atoms with E-state index < -0.39 is 10.0 Å². The first-order valence-corrected chi connectivity index (χ1v) is 9.99. The number of aryl methyl sites for hydroxylation is 1. The van der Waals surface area contributed by atoms with Crippen LogP contribution in [0.2, 0.25) is 0 Å². The van der Waals surface area contributed by atoms with Crippen molar-refractivity contribution in [1.82, 2.24) is 4.72 Å². The van der Waals surface area contributed by atoms with E-state index in [1.54, 1.807) is 25.1 Å². The zero-order valence-corrected chi connectivity index (χ0v) is 14.8. The largest absolute Gasteiger partial charge is 0.325 e. The fourth-order valence-corrected chi connectivity index (χ4v) is 4.98. The van der Waals surface area contributed by atoms with Gasteiger partial charge < -0.3 is 5.32 Å². The van der Waals surface area contributed by atoms with Gasteiger partial charge in [0.15, 0.2) is 0 Å². The number of sulfonamides is 1. The maximum atomic E-state index is 12.9. The molecule has 2 N–H and O–H groups in total. The number of fused-ring (bicyclic) bond motifs is 2. The van der Waals surface area contributed by atoms with Gasteiger partial charge in [0.05, 0.1) is 10.8 Å². The van der Waals surface area contributed by atoms with Gasteiger partial charge in [0, 0.05) is 11.7 Å². The molecule has 0 aromatic heterocycles. The van der Waals surface area contributed by atoms with Crippen LogP contribution in [0, 0.1) is 0 Å². The molecule has 2 atom stereocenters. The van der Waals surface area contributed by atoms with Crippen molar-refractivity contribution in [2.45, 2.75) is 43.0 Å².